The second kappa shape index (κ2) is 7.96. The minimum absolute atomic E-state index is 0.252. The van der Waals surface area contributed by atoms with Gasteiger partial charge in [-0.1, -0.05) is 30.0 Å². The predicted molar refractivity (Wildman–Crippen MR) is 109 cm³/mol. The zero-order valence-electron chi connectivity index (χ0n) is 16.1. The highest BCUT2D eigenvalue weighted by atomic mass is 32.2. The molecule has 2 aromatic heterocycles. The van der Waals surface area contributed by atoms with Gasteiger partial charge in [-0.05, 0) is 24.6 Å². The van der Waals surface area contributed by atoms with Crippen LogP contribution in [-0.2, 0) is 5.75 Å². The van der Waals surface area contributed by atoms with E-state index < -0.39 is 0 Å². The van der Waals surface area contributed by atoms with Crippen molar-refractivity contribution in [2.45, 2.75) is 17.9 Å². The lowest BCUT2D eigenvalue weighted by Gasteiger charge is -2.09. The van der Waals surface area contributed by atoms with Crippen LogP contribution in [0.25, 0.3) is 22.4 Å². The Morgan fingerprint density at radius 2 is 1.86 bits per heavy atom. The Hall–Kier alpha value is -3.33. The van der Waals surface area contributed by atoms with Gasteiger partial charge < -0.3 is 18.9 Å². The first-order valence-electron chi connectivity index (χ1n) is 8.76. The van der Waals surface area contributed by atoms with E-state index in [-0.39, 0.29) is 5.56 Å². The average Bonchev–Trinajstić information content (AvgIpc) is 3.20. The zero-order chi connectivity index (χ0) is 20.4. The summed E-state index contributed by atoms with van der Waals surface area (Å²) < 4.78 is 16.3. The van der Waals surface area contributed by atoms with Crippen LogP contribution >= 0.6 is 11.8 Å². The largest absolute Gasteiger partial charge is 0.493 e. The van der Waals surface area contributed by atoms with Gasteiger partial charge in [0.1, 0.15) is 5.82 Å². The maximum atomic E-state index is 12.5. The number of thioether (sulfide) groups is 1. The van der Waals surface area contributed by atoms with Gasteiger partial charge in [0.15, 0.2) is 11.5 Å². The van der Waals surface area contributed by atoms with Gasteiger partial charge in [0.2, 0.25) is 5.89 Å². The van der Waals surface area contributed by atoms with E-state index in [4.69, 9.17) is 13.9 Å². The van der Waals surface area contributed by atoms with Gasteiger partial charge in [-0.15, -0.1) is 10.2 Å². The smallest absolute Gasteiger partial charge is 0.277 e. The highest BCUT2D eigenvalue weighted by Gasteiger charge is 2.14. The molecule has 2 heterocycles. The predicted octanol–water partition coefficient (Wildman–Crippen LogP) is 3.59. The summed E-state index contributed by atoms with van der Waals surface area (Å²) >= 11 is 1.30. The van der Waals surface area contributed by atoms with Crippen LogP contribution in [0.15, 0.2) is 50.8 Å². The number of aromatic amines is 1. The number of aryl methyl sites for hydroxylation is 1. The number of hydrogen-bond donors (Lipinski definition) is 1. The van der Waals surface area contributed by atoms with Gasteiger partial charge in [0.25, 0.3) is 10.8 Å². The molecule has 0 radical (unpaired) electrons. The molecule has 0 aliphatic heterocycles. The van der Waals surface area contributed by atoms with Gasteiger partial charge in [-0.25, -0.2) is 4.98 Å². The summed E-state index contributed by atoms with van der Waals surface area (Å²) in [6, 6.07) is 11.1. The molecule has 0 spiro atoms. The topological polar surface area (TPSA) is 103 Å². The second-order valence-electron chi connectivity index (χ2n) is 6.21. The molecule has 4 rings (SSSR count). The van der Waals surface area contributed by atoms with Crippen molar-refractivity contribution in [3.63, 3.8) is 0 Å². The fraction of sp³-hybridized carbons (Fsp3) is 0.200. The summed E-state index contributed by atoms with van der Waals surface area (Å²) in [4.78, 5) is 19.7. The van der Waals surface area contributed by atoms with Gasteiger partial charge in [0.05, 0.1) is 30.9 Å². The molecule has 0 unspecified atom stereocenters. The summed E-state index contributed by atoms with van der Waals surface area (Å²) in [5.41, 5.74) is 2.22. The van der Waals surface area contributed by atoms with E-state index in [9.17, 15) is 4.79 Å². The molecule has 0 saturated carbocycles. The van der Waals surface area contributed by atoms with Crippen molar-refractivity contribution in [3.05, 3.63) is 58.1 Å². The van der Waals surface area contributed by atoms with E-state index in [0.717, 1.165) is 11.1 Å². The highest BCUT2D eigenvalue weighted by Crippen LogP contribution is 2.31. The van der Waals surface area contributed by atoms with Crippen molar-refractivity contribution in [2.24, 2.45) is 0 Å². The fourth-order valence-corrected chi connectivity index (χ4v) is 3.54. The number of fused-ring (bicyclic) bond motifs is 1. The van der Waals surface area contributed by atoms with Crippen molar-refractivity contribution in [1.82, 2.24) is 20.2 Å². The molecule has 0 atom stereocenters. The molecule has 0 aliphatic carbocycles. The lowest BCUT2D eigenvalue weighted by Crippen LogP contribution is -2.11. The number of hydrogen-bond acceptors (Lipinski definition) is 8. The van der Waals surface area contributed by atoms with Crippen LogP contribution in [0, 0.1) is 6.92 Å². The molecule has 8 nitrogen and oxygen atoms in total. The standard InChI is InChI=1S/C20H18N4O4S/c1-11-6-4-5-7-12(11)19-23-24-20(28-19)29-10-17-21-14-9-16(27-3)15(26-2)8-13(14)18(25)22-17/h4-9H,10H2,1-3H3,(H,21,22,25). The third-order valence-electron chi connectivity index (χ3n) is 4.37. The van der Waals surface area contributed by atoms with E-state index in [0.29, 0.717) is 45.1 Å². The fourth-order valence-electron chi connectivity index (χ4n) is 2.90. The Labute approximate surface area is 170 Å². The van der Waals surface area contributed by atoms with E-state index in [2.05, 4.69) is 20.2 Å². The molecule has 0 amide bonds. The van der Waals surface area contributed by atoms with Crippen LogP contribution in [0.2, 0.25) is 0 Å². The highest BCUT2D eigenvalue weighted by molar-refractivity contribution is 7.98. The molecular weight excluding hydrogens is 392 g/mol. The number of aromatic nitrogens is 4. The van der Waals surface area contributed by atoms with Crippen LogP contribution in [0.1, 0.15) is 11.4 Å². The average molecular weight is 410 g/mol. The Bertz CT molecular complexity index is 1230. The van der Waals surface area contributed by atoms with E-state index in [1.54, 1.807) is 12.1 Å². The van der Waals surface area contributed by atoms with Gasteiger partial charge in [0, 0.05) is 11.6 Å². The monoisotopic (exact) mass is 410 g/mol. The summed E-state index contributed by atoms with van der Waals surface area (Å²) in [6.45, 7) is 1.99. The molecule has 0 aliphatic rings. The van der Waals surface area contributed by atoms with Gasteiger partial charge >= 0.3 is 0 Å². The lowest BCUT2D eigenvalue weighted by atomic mass is 10.1. The molecule has 29 heavy (non-hydrogen) atoms. The first kappa shape index (κ1) is 19.0. The number of rotatable bonds is 6. The quantitative estimate of drug-likeness (QED) is 0.481. The zero-order valence-corrected chi connectivity index (χ0v) is 16.9. The third kappa shape index (κ3) is 3.81. The molecule has 2 aromatic carbocycles. The number of benzene rings is 2. The van der Waals surface area contributed by atoms with Crippen molar-refractivity contribution in [2.75, 3.05) is 14.2 Å². The van der Waals surface area contributed by atoms with Crippen LogP contribution in [0.4, 0.5) is 0 Å². The number of nitrogens with one attached hydrogen (secondary N) is 1. The molecule has 0 saturated heterocycles. The Kier molecular flexibility index (Phi) is 5.22. The number of nitrogens with zero attached hydrogens (tertiary/aromatic N) is 3. The number of methoxy groups -OCH3 is 2. The normalized spacial score (nSPS) is 11.0. The van der Waals surface area contributed by atoms with Gasteiger partial charge in [-0.2, -0.15) is 0 Å². The summed E-state index contributed by atoms with van der Waals surface area (Å²) in [6.07, 6.45) is 0. The summed E-state index contributed by atoms with van der Waals surface area (Å²) in [7, 11) is 3.06. The second-order valence-corrected chi connectivity index (χ2v) is 7.14. The Morgan fingerprint density at radius 1 is 1.10 bits per heavy atom. The van der Waals surface area contributed by atoms with Crippen molar-refractivity contribution < 1.29 is 13.9 Å². The van der Waals surface area contributed by atoms with Crippen molar-refractivity contribution >= 4 is 22.7 Å². The Balaban J connectivity index is 1.57. The Morgan fingerprint density at radius 3 is 2.62 bits per heavy atom. The molecule has 148 valence electrons. The minimum atomic E-state index is -0.252. The number of H-pyrrole nitrogens is 1. The van der Waals surface area contributed by atoms with E-state index in [1.807, 2.05) is 31.2 Å². The number of ether oxygens (including phenoxy) is 2. The summed E-state index contributed by atoms with van der Waals surface area (Å²) in [5.74, 6) is 2.31. The van der Waals surface area contributed by atoms with Crippen molar-refractivity contribution in [1.29, 1.82) is 0 Å². The maximum Gasteiger partial charge on any atom is 0.277 e. The summed E-state index contributed by atoms with van der Waals surface area (Å²) in [5, 5.41) is 9.01. The van der Waals surface area contributed by atoms with E-state index in [1.165, 1.54) is 26.0 Å². The molecule has 1 N–H and O–H groups in total. The molecule has 0 fully saturated rings. The molecule has 0 bridgehead atoms. The van der Waals surface area contributed by atoms with E-state index >= 15 is 0 Å². The minimum Gasteiger partial charge on any atom is -0.493 e. The maximum absolute atomic E-state index is 12.5. The van der Waals surface area contributed by atoms with Gasteiger partial charge in [-0.3, -0.25) is 4.79 Å². The SMILES string of the molecule is COc1cc2nc(CSc3nnc(-c4ccccc4C)o3)[nH]c(=O)c2cc1OC. The lowest BCUT2D eigenvalue weighted by molar-refractivity contribution is 0.355. The van der Waals surface area contributed by atoms with Crippen molar-refractivity contribution in [3.8, 4) is 23.0 Å². The van der Waals surface area contributed by atoms with Crippen LogP contribution < -0.4 is 15.0 Å². The molecule has 9 heteroatoms. The van der Waals surface area contributed by atoms with Crippen LogP contribution in [0.5, 0.6) is 11.5 Å². The van der Waals surface area contributed by atoms with Crippen LogP contribution in [0.3, 0.4) is 0 Å². The molecule has 4 aromatic rings. The first-order valence-corrected chi connectivity index (χ1v) is 9.75. The third-order valence-corrected chi connectivity index (χ3v) is 5.20. The van der Waals surface area contributed by atoms with Crippen LogP contribution in [-0.4, -0.2) is 34.4 Å². The molecular formula is C20H18N4O4S. The first-order chi connectivity index (χ1) is 14.1.